The molecule has 0 radical (unpaired) electrons. The molecule has 0 aromatic heterocycles. The second-order valence-corrected chi connectivity index (χ2v) is 8.46. The molecule has 110 valence electrons. The number of piperidine rings is 1. The number of hydrogen-bond acceptors (Lipinski definition) is 2. The molecule has 1 aliphatic heterocycles. The summed E-state index contributed by atoms with van der Waals surface area (Å²) in [5.41, 5.74) is 7.80. The van der Waals surface area contributed by atoms with Gasteiger partial charge >= 0.3 is 0 Å². The van der Waals surface area contributed by atoms with Crippen molar-refractivity contribution in [2.24, 2.45) is 16.6 Å². The summed E-state index contributed by atoms with van der Waals surface area (Å²) in [5, 5.41) is 0. The van der Waals surface area contributed by atoms with E-state index in [-0.39, 0.29) is 0 Å². The number of nitrogens with two attached hydrogens (primary N) is 1. The van der Waals surface area contributed by atoms with Crippen LogP contribution in [0.1, 0.15) is 71.6 Å². The maximum atomic E-state index is 6.22. The Kier molecular flexibility index (Phi) is 3.46. The van der Waals surface area contributed by atoms with Crippen molar-refractivity contribution in [3.05, 3.63) is 0 Å². The van der Waals surface area contributed by atoms with Crippen LogP contribution >= 0.6 is 0 Å². The van der Waals surface area contributed by atoms with Gasteiger partial charge < -0.3 is 5.73 Å². The van der Waals surface area contributed by atoms with Gasteiger partial charge in [-0.1, -0.05) is 26.7 Å². The van der Waals surface area contributed by atoms with Crippen LogP contribution < -0.4 is 5.73 Å². The molecule has 2 aliphatic carbocycles. The first-order chi connectivity index (χ1) is 8.99. The SMILES string of the molecule is CC1(C)CCC(CN)(N2CCC3(CCCC3)CC2)C1. The van der Waals surface area contributed by atoms with Gasteiger partial charge in [0.15, 0.2) is 0 Å². The van der Waals surface area contributed by atoms with Crippen LogP contribution in [-0.4, -0.2) is 30.1 Å². The third kappa shape index (κ3) is 2.47. The van der Waals surface area contributed by atoms with Crippen molar-refractivity contribution in [3.63, 3.8) is 0 Å². The molecule has 2 heteroatoms. The molecule has 0 amide bonds. The molecule has 1 spiro atoms. The standard InChI is InChI=1S/C17H32N2/c1-15(2)7-8-17(13-15,14-18)19-11-9-16(10-12-19)5-3-4-6-16/h3-14,18H2,1-2H3. The summed E-state index contributed by atoms with van der Waals surface area (Å²) in [6.07, 6.45) is 12.8. The zero-order chi connectivity index (χ0) is 13.6. The maximum Gasteiger partial charge on any atom is 0.0337 e. The Morgan fingerprint density at radius 3 is 2.00 bits per heavy atom. The van der Waals surface area contributed by atoms with Crippen LogP contribution in [0.2, 0.25) is 0 Å². The molecule has 1 unspecified atom stereocenters. The first kappa shape index (κ1) is 13.9. The van der Waals surface area contributed by atoms with E-state index in [1.54, 1.807) is 0 Å². The van der Waals surface area contributed by atoms with Crippen LogP contribution in [0.5, 0.6) is 0 Å². The lowest BCUT2D eigenvalue weighted by Gasteiger charge is -2.48. The molecule has 3 fully saturated rings. The van der Waals surface area contributed by atoms with Crippen LogP contribution in [0.15, 0.2) is 0 Å². The van der Waals surface area contributed by atoms with E-state index in [1.807, 2.05) is 0 Å². The molecule has 0 bridgehead atoms. The molecule has 2 saturated carbocycles. The zero-order valence-corrected chi connectivity index (χ0v) is 13.0. The molecular formula is C17H32N2. The monoisotopic (exact) mass is 264 g/mol. The molecule has 3 aliphatic rings. The summed E-state index contributed by atoms with van der Waals surface area (Å²) >= 11 is 0. The summed E-state index contributed by atoms with van der Waals surface area (Å²) in [6.45, 7) is 8.34. The summed E-state index contributed by atoms with van der Waals surface area (Å²) in [7, 11) is 0. The molecule has 2 nitrogen and oxygen atoms in total. The molecule has 2 N–H and O–H groups in total. The molecule has 1 heterocycles. The number of hydrogen-bond donors (Lipinski definition) is 1. The van der Waals surface area contributed by atoms with E-state index >= 15 is 0 Å². The largest absolute Gasteiger partial charge is 0.329 e. The van der Waals surface area contributed by atoms with Gasteiger partial charge in [0.05, 0.1) is 0 Å². The highest BCUT2D eigenvalue weighted by atomic mass is 15.2. The van der Waals surface area contributed by atoms with Gasteiger partial charge in [0.1, 0.15) is 0 Å². The fourth-order valence-corrected chi connectivity index (χ4v) is 5.29. The van der Waals surface area contributed by atoms with Gasteiger partial charge in [-0.25, -0.2) is 0 Å². The van der Waals surface area contributed by atoms with Crippen molar-refractivity contribution in [2.75, 3.05) is 19.6 Å². The summed E-state index contributed by atoms with van der Waals surface area (Å²) in [4.78, 5) is 2.78. The fraction of sp³-hybridized carbons (Fsp3) is 1.00. The summed E-state index contributed by atoms with van der Waals surface area (Å²) in [5.74, 6) is 0. The maximum absolute atomic E-state index is 6.22. The highest BCUT2D eigenvalue weighted by Gasteiger charge is 2.48. The topological polar surface area (TPSA) is 29.3 Å². The average Bonchev–Trinajstić information content (AvgIpc) is 2.96. The summed E-state index contributed by atoms with van der Waals surface area (Å²) < 4.78 is 0. The Morgan fingerprint density at radius 1 is 0.895 bits per heavy atom. The third-order valence-electron chi connectivity index (χ3n) is 6.61. The lowest BCUT2D eigenvalue weighted by Crippen LogP contribution is -2.56. The molecule has 3 rings (SSSR count). The molecule has 19 heavy (non-hydrogen) atoms. The number of likely N-dealkylation sites (tertiary alicyclic amines) is 1. The quantitative estimate of drug-likeness (QED) is 0.826. The Morgan fingerprint density at radius 2 is 1.53 bits per heavy atom. The fourth-order valence-electron chi connectivity index (χ4n) is 5.29. The molecule has 0 aromatic carbocycles. The van der Waals surface area contributed by atoms with Crippen molar-refractivity contribution in [3.8, 4) is 0 Å². The van der Waals surface area contributed by atoms with Crippen LogP contribution in [0.3, 0.4) is 0 Å². The van der Waals surface area contributed by atoms with Crippen molar-refractivity contribution in [2.45, 2.75) is 77.2 Å². The van der Waals surface area contributed by atoms with Crippen molar-refractivity contribution < 1.29 is 0 Å². The van der Waals surface area contributed by atoms with E-state index in [4.69, 9.17) is 5.73 Å². The van der Waals surface area contributed by atoms with Crippen LogP contribution in [0, 0.1) is 10.8 Å². The predicted octanol–water partition coefficient (Wildman–Crippen LogP) is 3.55. The van der Waals surface area contributed by atoms with Gasteiger partial charge in [-0.15, -0.1) is 0 Å². The number of rotatable bonds is 2. The third-order valence-corrected chi connectivity index (χ3v) is 6.61. The van der Waals surface area contributed by atoms with Crippen LogP contribution in [-0.2, 0) is 0 Å². The second kappa shape index (κ2) is 4.73. The van der Waals surface area contributed by atoms with E-state index < -0.39 is 0 Å². The Labute approximate surface area is 119 Å². The average molecular weight is 264 g/mol. The van der Waals surface area contributed by atoms with E-state index in [9.17, 15) is 0 Å². The minimum atomic E-state index is 0.337. The smallest absolute Gasteiger partial charge is 0.0337 e. The van der Waals surface area contributed by atoms with E-state index in [2.05, 4.69) is 18.7 Å². The minimum absolute atomic E-state index is 0.337. The van der Waals surface area contributed by atoms with Crippen LogP contribution in [0.25, 0.3) is 0 Å². The van der Waals surface area contributed by atoms with Crippen molar-refractivity contribution in [1.82, 2.24) is 4.90 Å². The van der Waals surface area contributed by atoms with E-state index in [0.717, 1.165) is 12.0 Å². The highest BCUT2D eigenvalue weighted by Crippen LogP contribution is 2.51. The lowest BCUT2D eigenvalue weighted by atomic mass is 9.75. The van der Waals surface area contributed by atoms with Gasteiger partial charge in [0.2, 0.25) is 0 Å². The Hall–Kier alpha value is -0.0800. The van der Waals surface area contributed by atoms with Crippen molar-refractivity contribution >= 4 is 0 Å². The van der Waals surface area contributed by atoms with Crippen LogP contribution in [0.4, 0.5) is 0 Å². The minimum Gasteiger partial charge on any atom is -0.329 e. The molecule has 0 aromatic rings. The molecule has 1 saturated heterocycles. The Bertz CT molecular complexity index is 320. The predicted molar refractivity (Wildman–Crippen MR) is 81.1 cm³/mol. The zero-order valence-electron chi connectivity index (χ0n) is 13.0. The second-order valence-electron chi connectivity index (χ2n) is 8.46. The molecule has 1 atom stereocenters. The lowest BCUT2D eigenvalue weighted by molar-refractivity contribution is 0.0200. The highest BCUT2D eigenvalue weighted by molar-refractivity contribution is 5.04. The van der Waals surface area contributed by atoms with Gasteiger partial charge in [-0.3, -0.25) is 4.90 Å². The Balaban J connectivity index is 1.67. The van der Waals surface area contributed by atoms with Gasteiger partial charge in [0.25, 0.3) is 0 Å². The summed E-state index contributed by atoms with van der Waals surface area (Å²) in [6, 6.07) is 0. The molecular weight excluding hydrogens is 232 g/mol. The van der Waals surface area contributed by atoms with Crippen molar-refractivity contribution in [1.29, 1.82) is 0 Å². The van der Waals surface area contributed by atoms with Gasteiger partial charge in [-0.2, -0.15) is 0 Å². The van der Waals surface area contributed by atoms with E-state index in [1.165, 1.54) is 70.9 Å². The van der Waals surface area contributed by atoms with E-state index in [0.29, 0.717) is 11.0 Å². The number of nitrogens with zero attached hydrogens (tertiary/aromatic N) is 1. The normalized spacial score (nSPS) is 38.1. The van der Waals surface area contributed by atoms with Gasteiger partial charge in [-0.05, 0) is 68.9 Å². The van der Waals surface area contributed by atoms with Gasteiger partial charge in [0, 0.05) is 12.1 Å². The first-order valence-corrected chi connectivity index (χ1v) is 8.45. The first-order valence-electron chi connectivity index (χ1n) is 8.45.